The van der Waals surface area contributed by atoms with Gasteiger partial charge in [0.25, 0.3) is 0 Å². The minimum Gasteiger partial charge on any atom is -0.397 e. The molecular formula is C7H7ClN2S. The molecule has 4 heteroatoms. The molecule has 2 N–H and O–H groups in total. The molecule has 0 atom stereocenters. The number of fused-ring (bicyclic) bond motifs is 1. The van der Waals surface area contributed by atoms with E-state index in [1.807, 2.05) is 18.2 Å². The fourth-order valence-corrected chi connectivity index (χ4v) is 2.41. The summed E-state index contributed by atoms with van der Waals surface area (Å²) in [4.78, 5) is 1.17. The second kappa shape index (κ2) is 2.50. The van der Waals surface area contributed by atoms with E-state index >= 15 is 0 Å². The van der Waals surface area contributed by atoms with Crippen LogP contribution in [0.5, 0.6) is 0 Å². The number of halogens is 1. The van der Waals surface area contributed by atoms with Crippen LogP contribution < -0.4 is 10.2 Å². The van der Waals surface area contributed by atoms with Crippen LogP contribution in [0.15, 0.2) is 23.1 Å². The highest BCUT2D eigenvalue weighted by atomic mass is 35.5. The summed E-state index contributed by atoms with van der Waals surface area (Å²) in [5.41, 5.74) is 7.43. The number of nitrogen functional groups attached to an aromatic ring is 1. The maximum absolute atomic E-state index is 5.88. The van der Waals surface area contributed by atoms with Gasteiger partial charge in [0.05, 0.1) is 17.3 Å². The number of rotatable bonds is 0. The van der Waals surface area contributed by atoms with Crippen molar-refractivity contribution in [1.82, 2.24) is 0 Å². The van der Waals surface area contributed by atoms with Gasteiger partial charge in [0.2, 0.25) is 0 Å². The van der Waals surface area contributed by atoms with E-state index in [4.69, 9.17) is 17.5 Å². The van der Waals surface area contributed by atoms with Gasteiger partial charge in [-0.25, -0.2) is 0 Å². The third-order valence-corrected chi connectivity index (χ3v) is 3.06. The van der Waals surface area contributed by atoms with Crippen molar-refractivity contribution in [3.63, 3.8) is 0 Å². The van der Waals surface area contributed by atoms with Crippen molar-refractivity contribution in [2.75, 3.05) is 16.0 Å². The summed E-state index contributed by atoms with van der Waals surface area (Å²) in [5, 5.41) is 0. The van der Waals surface area contributed by atoms with E-state index in [0.29, 0.717) is 0 Å². The number of nitrogens with two attached hydrogens (primary N) is 1. The van der Waals surface area contributed by atoms with E-state index in [1.54, 1.807) is 16.2 Å². The smallest absolute Gasteiger partial charge is 0.0898 e. The molecule has 1 aliphatic heterocycles. The van der Waals surface area contributed by atoms with Crippen LogP contribution in [-0.2, 0) is 0 Å². The van der Waals surface area contributed by atoms with Gasteiger partial charge in [-0.1, -0.05) is 6.07 Å². The van der Waals surface area contributed by atoms with E-state index in [9.17, 15) is 0 Å². The summed E-state index contributed by atoms with van der Waals surface area (Å²) in [5.74, 6) is 0.783. The lowest BCUT2D eigenvalue weighted by atomic mass is 10.3. The van der Waals surface area contributed by atoms with E-state index < -0.39 is 0 Å². The summed E-state index contributed by atoms with van der Waals surface area (Å²) in [6.45, 7) is 0. The van der Waals surface area contributed by atoms with Gasteiger partial charge in [-0.15, -0.1) is 11.8 Å². The Hall–Kier alpha value is -0.540. The molecule has 0 saturated heterocycles. The Bertz CT molecular complexity index is 290. The maximum Gasteiger partial charge on any atom is 0.0898 e. The molecule has 1 aliphatic rings. The van der Waals surface area contributed by atoms with Crippen LogP contribution in [0.25, 0.3) is 0 Å². The normalized spacial score (nSPS) is 15.2. The molecule has 0 bridgehead atoms. The SMILES string of the molecule is Nc1cccc2c1N(Cl)CS2. The van der Waals surface area contributed by atoms with Crippen molar-refractivity contribution in [3.05, 3.63) is 18.2 Å². The second-order valence-corrected chi connectivity index (χ2v) is 3.72. The Morgan fingerprint density at radius 2 is 2.36 bits per heavy atom. The molecule has 0 spiro atoms. The molecule has 1 aromatic rings. The van der Waals surface area contributed by atoms with E-state index in [-0.39, 0.29) is 0 Å². The van der Waals surface area contributed by atoms with E-state index in [2.05, 4.69) is 0 Å². The molecule has 0 fully saturated rings. The lowest BCUT2D eigenvalue weighted by Gasteiger charge is -2.08. The molecule has 11 heavy (non-hydrogen) atoms. The zero-order valence-corrected chi connectivity index (χ0v) is 7.32. The molecule has 1 heterocycles. The van der Waals surface area contributed by atoms with E-state index in [0.717, 1.165) is 17.3 Å². The van der Waals surface area contributed by atoms with Crippen LogP contribution >= 0.6 is 23.5 Å². The Morgan fingerprint density at radius 3 is 3.09 bits per heavy atom. The van der Waals surface area contributed by atoms with Gasteiger partial charge in [0.15, 0.2) is 0 Å². The molecular weight excluding hydrogens is 180 g/mol. The molecule has 0 saturated carbocycles. The topological polar surface area (TPSA) is 29.3 Å². The Morgan fingerprint density at radius 1 is 1.55 bits per heavy atom. The Kier molecular flexibility index (Phi) is 1.62. The first-order valence-electron chi connectivity index (χ1n) is 3.23. The minimum atomic E-state index is 0.752. The number of hydrogen-bond donors (Lipinski definition) is 1. The molecule has 2 rings (SSSR count). The quantitative estimate of drug-likeness (QED) is 0.498. The third-order valence-electron chi connectivity index (χ3n) is 1.61. The van der Waals surface area contributed by atoms with Crippen LogP contribution in [0, 0.1) is 0 Å². The average Bonchev–Trinajstić information content (AvgIpc) is 2.34. The first-order chi connectivity index (χ1) is 5.29. The maximum atomic E-state index is 5.88. The first-order valence-corrected chi connectivity index (χ1v) is 4.56. The largest absolute Gasteiger partial charge is 0.397 e. The van der Waals surface area contributed by atoms with Crippen molar-refractivity contribution in [2.45, 2.75) is 4.90 Å². The zero-order chi connectivity index (χ0) is 7.84. The van der Waals surface area contributed by atoms with Gasteiger partial charge >= 0.3 is 0 Å². The summed E-state index contributed by atoms with van der Waals surface area (Å²) in [6, 6.07) is 5.83. The highest BCUT2D eigenvalue weighted by molar-refractivity contribution is 8.00. The summed E-state index contributed by atoms with van der Waals surface area (Å²) in [7, 11) is 0. The fraction of sp³-hybridized carbons (Fsp3) is 0.143. The lowest BCUT2D eigenvalue weighted by Crippen LogP contribution is -2.04. The first kappa shape index (κ1) is 7.13. The number of hydrogen-bond acceptors (Lipinski definition) is 3. The molecule has 2 nitrogen and oxygen atoms in total. The second-order valence-electron chi connectivity index (χ2n) is 2.33. The predicted octanol–water partition coefficient (Wildman–Crippen LogP) is 2.29. The van der Waals surface area contributed by atoms with Gasteiger partial charge in [-0.2, -0.15) is 0 Å². The Balaban J connectivity index is 2.58. The van der Waals surface area contributed by atoms with E-state index in [1.165, 1.54) is 4.90 Å². The summed E-state index contributed by atoms with van der Waals surface area (Å²) >= 11 is 7.58. The highest BCUT2D eigenvalue weighted by Crippen LogP contribution is 2.42. The summed E-state index contributed by atoms with van der Waals surface area (Å²) in [6.07, 6.45) is 0. The predicted molar refractivity (Wildman–Crippen MR) is 49.9 cm³/mol. The van der Waals surface area contributed by atoms with Crippen molar-refractivity contribution in [1.29, 1.82) is 0 Å². The van der Waals surface area contributed by atoms with Crippen molar-refractivity contribution in [3.8, 4) is 0 Å². The zero-order valence-electron chi connectivity index (χ0n) is 5.75. The number of para-hydroxylation sites is 1. The number of thioether (sulfide) groups is 1. The van der Waals surface area contributed by atoms with Crippen LogP contribution in [0.4, 0.5) is 11.4 Å². The molecule has 0 unspecified atom stereocenters. The molecule has 0 radical (unpaired) electrons. The Labute approximate surface area is 74.4 Å². The molecule has 0 aliphatic carbocycles. The number of nitrogens with zero attached hydrogens (tertiary/aromatic N) is 1. The monoisotopic (exact) mass is 186 g/mol. The van der Waals surface area contributed by atoms with Crippen LogP contribution in [0.1, 0.15) is 0 Å². The van der Waals surface area contributed by atoms with Crippen molar-refractivity contribution in [2.24, 2.45) is 0 Å². The molecule has 58 valence electrons. The molecule has 0 aromatic heterocycles. The number of anilines is 2. The number of benzene rings is 1. The highest BCUT2D eigenvalue weighted by Gasteiger charge is 2.19. The van der Waals surface area contributed by atoms with Crippen molar-refractivity contribution >= 4 is 34.9 Å². The van der Waals surface area contributed by atoms with Gasteiger partial charge in [-0.3, -0.25) is 4.42 Å². The van der Waals surface area contributed by atoms with Gasteiger partial charge < -0.3 is 5.73 Å². The standard InChI is InChI=1S/C7H7ClN2S/c8-10-4-11-6-3-1-2-5(9)7(6)10/h1-3H,4,9H2. The third kappa shape index (κ3) is 1.04. The summed E-state index contributed by atoms with van der Waals surface area (Å²) < 4.78 is 1.65. The minimum absolute atomic E-state index is 0.752. The average molecular weight is 187 g/mol. The fourth-order valence-electron chi connectivity index (χ4n) is 1.11. The lowest BCUT2D eigenvalue weighted by molar-refractivity contribution is 1.30. The molecule has 1 aromatic carbocycles. The van der Waals surface area contributed by atoms with Crippen LogP contribution in [-0.4, -0.2) is 5.88 Å². The van der Waals surface area contributed by atoms with Crippen LogP contribution in [0.3, 0.4) is 0 Å². The van der Waals surface area contributed by atoms with Gasteiger partial charge in [-0.05, 0) is 12.1 Å². The molecule has 0 amide bonds. The van der Waals surface area contributed by atoms with Crippen molar-refractivity contribution < 1.29 is 0 Å². The van der Waals surface area contributed by atoms with Gasteiger partial charge in [0.1, 0.15) is 0 Å². The van der Waals surface area contributed by atoms with Crippen LogP contribution in [0.2, 0.25) is 0 Å². The van der Waals surface area contributed by atoms with Gasteiger partial charge in [0, 0.05) is 16.7 Å².